The fraction of sp³-hybridized carbons (Fsp3) is 0.700. The first-order valence-electron chi connectivity index (χ1n) is 5.05. The molecule has 1 aromatic rings. The Balaban J connectivity index is 2.53. The summed E-state index contributed by atoms with van der Waals surface area (Å²) in [5, 5.41) is 1.05. The average molecular weight is 229 g/mol. The lowest BCUT2D eigenvalue weighted by atomic mass is 10.4. The van der Waals surface area contributed by atoms with Crippen molar-refractivity contribution >= 4 is 16.5 Å². The van der Waals surface area contributed by atoms with Crippen LogP contribution in [0.5, 0.6) is 0 Å². The third-order valence-electron chi connectivity index (χ3n) is 2.24. The number of ether oxygens (including phenoxy) is 1. The fourth-order valence-electron chi connectivity index (χ4n) is 1.31. The highest BCUT2D eigenvalue weighted by molar-refractivity contribution is 7.15. The maximum Gasteiger partial charge on any atom is 0.185 e. The smallest absolute Gasteiger partial charge is 0.185 e. The van der Waals surface area contributed by atoms with Crippen molar-refractivity contribution in [3.05, 3.63) is 10.6 Å². The van der Waals surface area contributed by atoms with Crippen LogP contribution in [-0.2, 0) is 11.3 Å². The second kappa shape index (κ2) is 6.05. The van der Waals surface area contributed by atoms with Crippen LogP contribution in [0.3, 0.4) is 0 Å². The number of methoxy groups -OCH3 is 1. The molecule has 0 saturated carbocycles. The van der Waals surface area contributed by atoms with E-state index in [1.165, 1.54) is 4.88 Å². The molecule has 0 saturated heterocycles. The third kappa shape index (κ3) is 3.44. The summed E-state index contributed by atoms with van der Waals surface area (Å²) in [5.74, 6) is 0. The lowest BCUT2D eigenvalue weighted by Gasteiger charge is -2.14. The van der Waals surface area contributed by atoms with Crippen LogP contribution < -0.4 is 10.6 Å². The molecule has 0 spiro atoms. The predicted octanol–water partition coefficient (Wildman–Crippen LogP) is 1.38. The molecule has 1 heterocycles. The Morgan fingerprint density at radius 3 is 2.80 bits per heavy atom. The number of hydrogen-bond donors (Lipinski definition) is 1. The molecule has 0 aliphatic heterocycles. The van der Waals surface area contributed by atoms with E-state index in [0.29, 0.717) is 6.54 Å². The first-order chi connectivity index (χ1) is 7.19. The van der Waals surface area contributed by atoms with Crippen molar-refractivity contribution in [3.63, 3.8) is 0 Å². The zero-order valence-electron chi connectivity index (χ0n) is 9.62. The van der Waals surface area contributed by atoms with Crippen LogP contribution in [0, 0.1) is 6.92 Å². The molecule has 0 aromatic carbocycles. The molecular weight excluding hydrogens is 210 g/mol. The van der Waals surface area contributed by atoms with Gasteiger partial charge in [0.2, 0.25) is 0 Å². The van der Waals surface area contributed by atoms with Gasteiger partial charge in [0.15, 0.2) is 5.13 Å². The number of aromatic nitrogens is 1. The number of thiazole rings is 1. The van der Waals surface area contributed by atoms with E-state index in [0.717, 1.165) is 30.4 Å². The van der Waals surface area contributed by atoms with Crippen LogP contribution in [0.4, 0.5) is 5.13 Å². The van der Waals surface area contributed by atoms with Crippen molar-refractivity contribution in [1.29, 1.82) is 0 Å². The standard InChI is InChI=1S/C10H19N3OS/c1-8-9(7-11)15-10(12-8)13(2)5-4-6-14-3/h4-7,11H2,1-3H3. The maximum absolute atomic E-state index is 5.62. The number of rotatable bonds is 6. The van der Waals surface area contributed by atoms with E-state index in [2.05, 4.69) is 9.88 Å². The molecule has 1 aromatic heterocycles. The first-order valence-corrected chi connectivity index (χ1v) is 5.87. The van der Waals surface area contributed by atoms with Gasteiger partial charge in [-0.2, -0.15) is 0 Å². The SMILES string of the molecule is COCCCN(C)c1nc(C)c(CN)s1. The van der Waals surface area contributed by atoms with Gasteiger partial charge in [-0.1, -0.05) is 0 Å². The van der Waals surface area contributed by atoms with Crippen LogP contribution in [-0.4, -0.2) is 32.3 Å². The van der Waals surface area contributed by atoms with Crippen LogP contribution >= 0.6 is 11.3 Å². The van der Waals surface area contributed by atoms with E-state index in [-0.39, 0.29) is 0 Å². The van der Waals surface area contributed by atoms with Crippen LogP contribution in [0.2, 0.25) is 0 Å². The maximum atomic E-state index is 5.62. The van der Waals surface area contributed by atoms with Gasteiger partial charge in [0.05, 0.1) is 5.69 Å². The van der Waals surface area contributed by atoms with Gasteiger partial charge in [0.25, 0.3) is 0 Å². The van der Waals surface area contributed by atoms with Crippen molar-refractivity contribution in [3.8, 4) is 0 Å². The molecule has 0 aliphatic carbocycles. The Morgan fingerprint density at radius 1 is 1.53 bits per heavy atom. The minimum Gasteiger partial charge on any atom is -0.385 e. The monoisotopic (exact) mass is 229 g/mol. The second-order valence-corrected chi connectivity index (χ2v) is 4.54. The Kier molecular flexibility index (Phi) is 5.01. The minimum absolute atomic E-state index is 0.579. The third-order valence-corrected chi connectivity index (χ3v) is 3.53. The van der Waals surface area contributed by atoms with E-state index in [1.807, 2.05) is 14.0 Å². The van der Waals surface area contributed by atoms with Gasteiger partial charge in [-0.3, -0.25) is 0 Å². The summed E-state index contributed by atoms with van der Waals surface area (Å²) in [5.41, 5.74) is 6.67. The molecular formula is C10H19N3OS. The summed E-state index contributed by atoms with van der Waals surface area (Å²) in [6.45, 7) is 4.34. The molecule has 0 bridgehead atoms. The number of hydrogen-bond acceptors (Lipinski definition) is 5. The van der Waals surface area contributed by atoms with Gasteiger partial charge < -0.3 is 15.4 Å². The number of nitrogens with zero attached hydrogens (tertiary/aromatic N) is 2. The Labute approximate surface area is 95.1 Å². The predicted molar refractivity (Wildman–Crippen MR) is 64.5 cm³/mol. The molecule has 0 atom stereocenters. The largest absolute Gasteiger partial charge is 0.385 e. The number of aryl methyl sites for hydroxylation is 1. The number of anilines is 1. The topological polar surface area (TPSA) is 51.4 Å². The zero-order valence-corrected chi connectivity index (χ0v) is 10.4. The summed E-state index contributed by atoms with van der Waals surface area (Å²) in [6, 6.07) is 0. The van der Waals surface area contributed by atoms with Crippen molar-refractivity contribution in [2.75, 3.05) is 32.2 Å². The van der Waals surface area contributed by atoms with Gasteiger partial charge in [-0.05, 0) is 13.3 Å². The lowest BCUT2D eigenvalue weighted by Crippen LogP contribution is -2.19. The molecule has 1 rings (SSSR count). The molecule has 2 N–H and O–H groups in total. The summed E-state index contributed by atoms with van der Waals surface area (Å²) < 4.78 is 5.01. The summed E-state index contributed by atoms with van der Waals surface area (Å²) in [6.07, 6.45) is 1.02. The molecule has 4 nitrogen and oxygen atoms in total. The number of nitrogens with two attached hydrogens (primary N) is 1. The van der Waals surface area contributed by atoms with E-state index in [9.17, 15) is 0 Å². The van der Waals surface area contributed by atoms with Gasteiger partial charge in [-0.25, -0.2) is 4.98 Å². The highest BCUT2D eigenvalue weighted by Gasteiger charge is 2.09. The van der Waals surface area contributed by atoms with Crippen LogP contribution in [0.15, 0.2) is 0 Å². The van der Waals surface area contributed by atoms with E-state index in [1.54, 1.807) is 18.4 Å². The van der Waals surface area contributed by atoms with Crippen molar-refractivity contribution < 1.29 is 4.74 Å². The van der Waals surface area contributed by atoms with Crippen LogP contribution in [0.25, 0.3) is 0 Å². The normalized spacial score (nSPS) is 10.7. The average Bonchev–Trinajstić information content (AvgIpc) is 2.60. The Hall–Kier alpha value is -0.650. The summed E-state index contributed by atoms with van der Waals surface area (Å²) >= 11 is 1.67. The summed E-state index contributed by atoms with van der Waals surface area (Å²) in [4.78, 5) is 7.80. The molecule has 0 fully saturated rings. The van der Waals surface area contributed by atoms with E-state index < -0.39 is 0 Å². The van der Waals surface area contributed by atoms with Crippen molar-refractivity contribution in [1.82, 2.24) is 4.98 Å². The fourth-order valence-corrected chi connectivity index (χ4v) is 2.23. The first kappa shape index (κ1) is 12.4. The summed E-state index contributed by atoms with van der Waals surface area (Å²) in [7, 11) is 3.77. The molecule has 0 radical (unpaired) electrons. The van der Waals surface area contributed by atoms with Crippen molar-refractivity contribution in [2.24, 2.45) is 5.73 Å². The Morgan fingerprint density at radius 2 is 2.27 bits per heavy atom. The van der Waals surface area contributed by atoms with Gasteiger partial charge in [0, 0.05) is 38.7 Å². The second-order valence-electron chi connectivity index (χ2n) is 3.48. The lowest BCUT2D eigenvalue weighted by molar-refractivity contribution is 0.196. The van der Waals surface area contributed by atoms with Crippen LogP contribution in [0.1, 0.15) is 17.0 Å². The quantitative estimate of drug-likeness (QED) is 0.749. The molecule has 86 valence electrons. The van der Waals surface area contributed by atoms with E-state index >= 15 is 0 Å². The molecule has 15 heavy (non-hydrogen) atoms. The van der Waals surface area contributed by atoms with Gasteiger partial charge >= 0.3 is 0 Å². The zero-order chi connectivity index (χ0) is 11.3. The molecule has 0 aliphatic rings. The highest BCUT2D eigenvalue weighted by Crippen LogP contribution is 2.24. The molecule has 5 heteroatoms. The molecule has 0 unspecified atom stereocenters. The van der Waals surface area contributed by atoms with Gasteiger partial charge in [0.1, 0.15) is 0 Å². The Bertz CT molecular complexity index is 301. The van der Waals surface area contributed by atoms with Crippen molar-refractivity contribution in [2.45, 2.75) is 19.9 Å². The van der Waals surface area contributed by atoms with E-state index in [4.69, 9.17) is 10.5 Å². The highest BCUT2D eigenvalue weighted by atomic mass is 32.1. The molecule has 0 amide bonds. The minimum atomic E-state index is 0.579. The van der Waals surface area contributed by atoms with Gasteiger partial charge in [-0.15, -0.1) is 11.3 Å².